The molecule has 0 unspecified atom stereocenters. The molecule has 0 spiro atoms. The number of rotatable bonds is 5. The smallest absolute Gasteiger partial charge is 0.269 e. The first-order chi connectivity index (χ1) is 11.5. The molecule has 8 nitrogen and oxygen atoms in total. The van der Waals surface area contributed by atoms with E-state index in [1.165, 1.54) is 12.1 Å². The molecule has 2 aromatic rings. The highest BCUT2D eigenvalue weighted by atomic mass is 16.6. The zero-order valence-electron chi connectivity index (χ0n) is 13.3. The molecule has 0 aliphatic carbocycles. The van der Waals surface area contributed by atoms with Crippen molar-refractivity contribution in [2.24, 2.45) is 13.0 Å². The molecule has 2 N–H and O–H groups in total. The van der Waals surface area contributed by atoms with E-state index in [9.17, 15) is 14.9 Å². The van der Waals surface area contributed by atoms with E-state index in [0.29, 0.717) is 13.1 Å². The number of nitro groups is 1. The summed E-state index contributed by atoms with van der Waals surface area (Å²) in [6, 6.07) is 6.20. The van der Waals surface area contributed by atoms with Gasteiger partial charge in [-0.05, 0) is 11.1 Å². The van der Waals surface area contributed by atoms with Gasteiger partial charge in [-0.1, -0.05) is 12.1 Å². The van der Waals surface area contributed by atoms with Crippen LogP contribution in [0.1, 0.15) is 17.0 Å². The molecule has 0 radical (unpaired) electrons. The van der Waals surface area contributed by atoms with Gasteiger partial charge in [-0.2, -0.15) is 5.10 Å². The zero-order chi connectivity index (χ0) is 17.1. The van der Waals surface area contributed by atoms with Crippen molar-refractivity contribution in [2.45, 2.75) is 12.5 Å². The van der Waals surface area contributed by atoms with Gasteiger partial charge >= 0.3 is 0 Å². The SMILES string of the molecule is Cn1cc([C@H]2CNC[C@@H]2C(=O)NCc2ccc([N+](=O)[O-])cc2)cn1. The Bertz CT molecular complexity index is 740. The van der Waals surface area contributed by atoms with Crippen molar-refractivity contribution in [3.8, 4) is 0 Å². The Morgan fingerprint density at radius 1 is 1.42 bits per heavy atom. The van der Waals surface area contributed by atoms with Crippen molar-refractivity contribution < 1.29 is 9.72 Å². The first kappa shape index (κ1) is 16.1. The number of aromatic nitrogens is 2. The van der Waals surface area contributed by atoms with E-state index in [1.807, 2.05) is 13.2 Å². The van der Waals surface area contributed by atoms with Crippen LogP contribution in [0.2, 0.25) is 0 Å². The molecule has 2 heterocycles. The summed E-state index contributed by atoms with van der Waals surface area (Å²) in [4.78, 5) is 22.7. The van der Waals surface area contributed by atoms with Crippen molar-refractivity contribution >= 4 is 11.6 Å². The molecule has 1 aromatic carbocycles. The summed E-state index contributed by atoms with van der Waals surface area (Å²) < 4.78 is 1.74. The number of hydrogen-bond donors (Lipinski definition) is 2. The number of nitrogens with zero attached hydrogens (tertiary/aromatic N) is 3. The molecule has 8 heteroatoms. The molecule has 1 aliphatic heterocycles. The Kier molecular flexibility index (Phi) is 4.57. The number of non-ortho nitro benzene ring substituents is 1. The Balaban J connectivity index is 1.60. The molecule has 1 saturated heterocycles. The summed E-state index contributed by atoms with van der Waals surface area (Å²) in [7, 11) is 1.86. The zero-order valence-corrected chi connectivity index (χ0v) is 13.3. The quantitative estimate of drug-likeness (QED) is 0.628. The van der Waals surface area contributed by atoms with Gasteiger partial charge in [-0.25, -0.2) is 0 Å². The predicted molar refractivity (Wildman–Crippen MR) is 87.3 cm³/mol. The molecule has 0 saturated carbocycles. The van der Waals surface area contributed by atoms with Crippen LogP contribution in [0.3, 0.4) is 0 Å². The summed E-state index contributed by atoms with van der Waals surface area (Å²) in [5, 5.41) is 21.0. The molecule has 1 aliphatic rings. The number of aryl methyl sites for hydroxylation is 1. The lowest BCUT2D eigenvalue weighted by Gasteiger charge is -2.17. The topological polar surface area (TPSA) is 102 Å². The van der Waals surface area contributed by atoms with Crippen LogP contribution in [-0.4, -0.2) is 33.7 Å². The highest BCUT2D eigenvalue weighted by Crippen LogP contribution is 2.28. The Labute approximate surface area is 139 Å². The summed E-state index contributed by atoms with van der Waals surface area (Å²) in [6.07, 6.45) is 3.74. The number of hydrogen-bond acceptors (Lipinski definition) is 5. The predicted octanol–water partition coefficient (Wildman–Crippen LogP) is 0.948. The van der Waals surface area contributed by atoms with Crippen LogP contribution in [0.15, 0.2) is 36.7 Å². The average Bonchev–Trinajstić information content (AvgIpc) is 3.21. The molecule has 3 rings (SSSR count). The molecule has 2 atom stereocenters. The second kappa shape index (κ2) is 6.79. The standard InChI is InChI=1S/C16H19N5O3/c1-20-10-12(7-19-20)14-8-17-9-15(14)16(22)18-6-11-2-4-13(5-3-11)21(23)24/h2-5,7,10,14-15,17H,6,8-9H2,1H3,(H,18,22)/t14-,15+/m1/s1. The van der Waals surface area contributed by atoms with Crippen LogP contribution in [-0.2, 0) is 18.4 Å². The van der Waals surface area contributed by atoms with Gasteiger partial charge in [0, 0.05) is 50.9 Å². The van der Waals surface area contributed by atoms with E-state index in [1.54, 1.807) is 23.0 Å². The van der Waals surface area contributed by atoms with E-state index in [4.69, 9.17) is 0 Å². The van der Waals surface area contributed by atoms with Gasteiger partial charge in [0.05, 0.1) is 17.0 Å². The molecule has 1 fully saturated rings. The fraction of sp³-hybridized carbons (Fsp3) is 0.375. The molecular formula is C16H19N5O3. The molecule has 1 amide bonds. The summed E-state index contributed by atoms with van der Waals surface area (Å²) >= 11 is 0. The monoisotopic (exact) mass is 329 g/mol. The van der Waals surface area contributed by atoms with Gasteiger partial charge in [0.25, 0.3) is 5.69 Å². The first-order valence-electron chi connectivity index (χ1n) is 7.75. The third kappa shape index (κ3) is 3.43. The van der Waals surface area contributed by atoms with Gasteiger partial charge in [0.15, 0.2) is 0 Å². The van der Waals surface area contributed by atoms with Crippen molar-refractivity contribution in [3.05, 3.63) is 57.9 Å². The van der Waals surface area contributed by atoms with Crippen molar-refractivity contribution in [2.75, 3.05) is 13.1 Å². The van der Waals surface area contributed by atoms with Crippen molar-refractivity contribution in [3.63, 3.8) is 0 Å². The van der Waals surface area contributed by atoms with Crippen LogP contribution in [0.25, 0.3) is 0 Å². The number of benzene rings is 1. The van der Waals surface area contributed by atoms with Crippen LogP contribution in [0.4, 0.5) is 5.69 Å². The van der Waals surface area contributed by atoms with Crippen LogP contribution in [0.5, 0.6) is 0 Å². The minimum absolute atomic E-state index is 0.0211. The molecule has 24 heavy (non-hydrogen) atoms. The summed E-state index contributed by atoms with van der Waals surface area (Å²) in [5.41, 5.74) is 1.93. The number of amides is 1. The maximum absolute atomic E-state index is 12.5. The van der Waals surface area contributed by atoms with Gasteiger partial charge in [0.2, 0.25) is 5.91 Å². The molecule has 126 valence electrons. The van der Waals surface area contributed by atoms with Gasteiger partial charge in [-0.3, -0.25) is 19.6 Å². The normalized spacial score (nSPS) is 20.0. The minimum Gasteiger partial charge on any atom is -0.352 e. The second-order valence-electron chi connectivity index (χ2n) is 5.96. The average molecular weight is 329 g/mol. The Morgan fingerprint density at radius 3 is 2.79 bits per heavy atom. The second-order valence-corrected chi connectivity index (χ2v) is 5.96. The molecule has 0 bridgehead atoms. The van der Waals surface area contributed by atoms with Gasteiger partial charge in [0.1, 0.15) is 0 Å². The van der Waals surface area contributed by atoms with Crippen molar-refractivity contribution in [1.29, 1.82) is 0 Å². The maximum atomic E-state index is 12.5. The molecular weight excluding hydrogens is 310 g/mol. The van der Waals surface area contributed by atoms with Crippen LogP contribution >= 0.6 is 0 Å². The molecule has 1 aromatic heterocycles. The van der Waals surface area contributed by atoms with Crippen LogP contribution < -0.4 is 10.6 Å². The lowest BCUT2D eigenvalue weighted by molar-refractivity contribution is -0.384. The minimum atomic E-state index is -0.439. The van der Waals surface area contributed by atoms with E-state index in [-0.39, 0.29) is 23.4 Å². The fourth-order valence-corrected chi connectivity index (χ4v) is 2.99. The van der Waals surface area contributed by atoms with E-state index in [2.05, 4.69) is 15.7 Å². The van der Waals surface area contributed by atoms with Crippen molar-refractivity contribution in [1.82, 2.24) is 20.4 Å². The third-order valence-corrected chi connectivity index (χ3v) is 4.32. The van der Waals surface area contributed by atoms with E-state index < -0.39 is 4.92 Å². The van der Waals surface area contributed by atoms with E-state index in [0.717, 1.165) is 17.7 Å². The summed E-state index contributed by atoms with van der Waals surface area (Å²) in [6.45, 7) is 1.74. The van der Waals surface area contributed by atoms with Gasteiger partial charge in [-0.15, -0.1) is 0 Å². The van der Waals surface area contributed by atoms with Crippen LogP contribution in [0, 0.1) is 16.0 Å². The number of nitro benzene ring substituents is 1. The Hall–Kier alpha value is -2.74. The first-order valence-corrected chi connectivity index (χ1v) is 7.75. The largest absolute Gasteiger partial charge is 0.352 e. The van der Waals surface area contributed by atoms with E-state index >= 15 is 0 Å². The third-order valence-electron chi connectivity index (χ3n) is 4.32. The highest BCUT2D eigenvalue weighted by Gasteiger charge is 2.34. The summed E-state index contributed by atoms with van der Waals surface area (Å²) in [5.74, 6) is -0.0602. The lowest BCUT2D eigenvalue weighted by Crippen LogP contribution is -2.33. The highest BCUT2D eigenvalue weighted by molar-refractivity contribution is 5.80. The van der Waals surface area contributed by atoms with Gasteiger partial charge < -0.3 is 10.6 Å². The number of carbonyl (C=O) groups excluding carboxylic acids is 1. The lowest BCUT2D eigenvalue weighted by atomic mass is 9.90. The Morgan fingerprint density at radius 2 is 2.17 bits per heavy atom. The number of carbonyl (C=O) groups is 1. The maximum Gasteiger partial charge on any atom is 0.269 e. The fourth-order valence-electron chi connectivity index (χ4n) is 2.99. The number of nitrogens with one attached hydrogen (secondary N) is 2.